The highest BCUT2D eigenvalue weighted by molar-refractivity contribution is 5.85. The molecule has 0 spiro atoms. The highest BCUT2D eigenvalue weighted by Gasteiger charge is 2.33. The summed E-state index contributed by atoms with van der Waals surface area (Å²) in [7, 11) is 0. The quantitative estimate of drug-likeness (QED) is 0.311. The molecule has 10 heteroatoms. The van der Waals surface area contributed by atoms with E-state index in [1.54, 1.807) is 24.3 Å². The van der Waals surface area contributed by atoms with Crippen molar-refractivity contribution in [2.24, 2.45) is 0 Å². The second-order valence-corrected chi connectivity index (χ2v) is 8.73. The average Bonchev–Trinajstić information content (AvgIpc) is 2.88. The Bertz CT molecular complexity index is 1680. The highest BCUT2D eigenvalue weighted by Crippen LogP contribution is 2.35. The second kappa shape index (κ2) is 10.0. The molecular formula is C28H22F3N5O2. The van der Waals surface area contributed by atoms with Crippen molar-refractivity contribution in [1.29, 1.82) is 0 Å². The van der Waals surface area contributed by atoms with Crippen molar-refractivity contribution in [1.82, 2.24) is 24.9 Å². The smallest absolute Gasteiger partial charge is 0.433 e. The molecule has 7 nitrogen and oxygen atoms in total. The fourth-order valence-corrected chi connectivity index (χ4v) is 4.06. The largest absolute Gasteiger partial charge is 0.487 e. The minimum absolute atomic E-state index is 0.0275. The van der Waals surface area contributed by atoms with Gasteiger partial charge in [-0.1, -0.05) is 36.4 Å². The van der Waals surface area contributed by atoms with Gasteiger partial charge in [0.15, 0.2) is 11.4 Å². The topological polar surface area (TPSA) is 93.7 Å². The number of hydrogen-bond donors (Lipinski definition) is 1. The Labute approximate surface area is 215 Å². The fraction of sp³-hybridized carbons (Fsp3) is 0.179. The van der Waals surface area contributed by atoms with Crippen LogP contribution < -0.4 is 10.3 Å². The maximum Gasteiger partial charge on any atom is 0.433 e. The lowest BCUT2D eigenvalue weighted by molar-refractivity contribution is -0.141. The van der Waals surface area contributed by atoms with E-state index >= 15 is 0 Å². The fourth-order valence-electron chi connectivity index (χ4n) is 4.06. The van der Waals surface area contributed by atoms with Crippen molar-refractivity contribution >= 4 is 11.2 Å². The predicted octanol–water partition coefficient (Wildman–Crippen LogP) is 5.70. The number of fused-ring (bicyclic) bond motifs is 1. The lowest BCUT2D eigenvalue weighted by Gasteiger charge is -2.14. The summed E-state index contributed by atoms with van der Waals surface area (Å²) in [5.41, 5.74) is 2.22. The van der Waals surface area contributed by atoms with E-state index in [-0.39, 0.29) is 40.5 Å². The maximum atomic E-state index is 13.5. The van der Waals surface area contributed by atoms with Gasteiger partial charge in [0, 0.05) is 40.7 Å². The van der Waals surface area contributed by atoms with Gasteiger partial charge in [0.05, 0.1) is 18.0 Å². The van der Waals surface area contributed by atoms with Gasteiger partial charge in [-0.15, -0.1) is 0 Å². The Kier molecular flexibility index (Phi) is 6.62. The predicted molar refractivity (Wildman–Crippen MR) is 137 cm³/mol. The number of halogens is 3. The van der Waals surface area contributed by atoms with Crippen LogP contribution in [-0.4, -0.2) is 31.5 Å². The molecule has 4 aromatic heterocycles. The minimum Gasteiger partial charge on any atom is -0.487 e. The summed E-state index contributed by atoms with van der Waals surface area (Å²) in [6, 6.07) is 18.5. The van der Waals surface area contributed by atoms with E-state index in [2.05, 4.69) is 24.9 Å². The van der Waals surface area contributed by atoms with Crippen LogP contribution in [0.4, 0.5) is 13.2 Å². The average molecular weight is 518 g/mol. The number of pyridine rings is 3. The molecule has 0 saturated heterocycles. The van der Waals surface area contributed by atoms with Gasteiger partial charge in [0.1, 0.15) is 11.2 Å². The third-order valence-electron chi connectivity index (χ3n) is 5.77. The molecule has 192 valence electrons. The van der Waals surface area contributed by atoms with Crippen molar-refractivity contribution < 1.29 is 17.9 Å². The standard InChI is InChI=1S/C28H22F3N5O2/c1-16-7-6-10-20(32-16)11-12-38-22-15-21-26(36-27(22)37)35-24(18-8-4-3-5-9-18)25(34-21)19-13-17(2)33-23(14-19)28(29,30)31/h3-10,13-15H,11-12H2,1-2H3,(H,35,36,37). The zero-order chi connectivity index (χ0) is 26.9. The van der Waals surface area contributed by atoms with E-state index in [4.69, 9.17) is 4.74 Å². The van der Waals surface area contributed by atoms with Gasteiger partial charge < -0.3 is 9.72 Å². The zero-order valence-corrected chi connectivity index (χ0v) is 20.5. The van der Waals surface area contributed by atoms with Crippen LogP contribution in [0.3, 0.4) is 0 Å². The summed E-state index contributed by atoms with van der Waals surface area (Å²) in [5.74, 6) is 0.0275. The molecule has 0 atom stereocenters. The molecule has 1 N–H and O–H groups in total. The summed E-state index contributed by atoms with van der Waals surface area (Å²) in [6.07, 6.45) is -4.14. The normalized spacial score (nSPS) is 11.6. The van der Waals surface area contributed by atoms with E-state index in [0.717, 1.165) is 17.5 Å². The molecule has 0 unspecified atom stereocenters. The number of aryl methyl sites for hydroxylation is 2. The van der Waals surface area contributed by atoms with Crippen molar-refractivity contribution in [3.63, 3.8) is 0 Å². The molecule has 5 aromatic rings. The number of ether oxygens (including phenoxy) is 1. The third kappa shape index (κ3) is 5.39. The lowest BCUT2D eigenvalue weighted by atomic mass is 10.0. The summed E-state index contributed by atoms with van der Waals surface area (Å²) in [4.78, 5) is 32.7. The Hall–Kier alpha value is -4.60. The molecule has 0 aliphatic heterocycles. The van der Waals surface area contributed by atoms with E-state index in [0.29, 0.717) is 17.7 Å². The molecular weight excluding hydrogens is 495 g/mol. The second-order valence-electron chi connectivity index (χ2n) is 8.73. The molecule has 0 saturated carbocycles. The molecule has 4 heterocycles. The Morgan fingerprint density at radius 1 is 0.816 bits per heavy atom. The van der Waals surface area contributed by atoms with Gasteiger partial charge in [-0.3, -0.25) is 9.78 Å². The number of aromatic nitrogens is 5. The first-order chi connectivity index (χ1) is 18.2. The Morgan fingerprint density at radius 3 is 2.32 bits per heavy atom. The number of benzene rings is 1. The van der Waals surface area contributed by atoms with Crippen molar-refractivity contribution in [2.45, 2.75) is 26.4 Å². The number of rotatable bonds is 6. The van der Waals surface area contributed by atoms with Crippen molar-refractivity contribution in [2.75, 3.05) is 6.61 Å². The van der Waals surface area contributed by atoms with E-state index in [9.17, 15) is 18.0 Å². The van der Waals surface area contributed by atoms with E-state index in [1.807, 2.05) is 31.2 Å². The number of alkyl halides is 3. The number of hydrogen-bond acceptors (Lipinski definition) is 6. The zero-order valence-electron chi connectivity index (χ0n) is 20.5. The SMILES string of the molecule is Cc1cccc(CCOc2cc3nc(-c4cc(C)nc(C(F)(F)F)c4)c(-c4ccccc4)nc3[nH]c2=O)n1. The minimum atomic E-state index is -4.63. The molecule has 0 radical (unpaired) electrons. The number of nitrogens with zero attached hydrogens (tertiary/aromatic N) is 4. The molecule has 38 heavy (non-hydrogen) atoms. The first-order valence-corrected chi connectivity index (χ1v) is 11.8. The molecule has 0 aliphatic rings. The van der Waals surface area contributed by atoms with Crippen LogP contribution in [0.15, 0.2) is 71.5 Å². The monoisotopic (exact) mass is 517 g/mol. The van der Waals surface area contributed by atoms with Gasteiger partial charge in [-0.25, -0.2) is 15.0 Å². The van der Waals surface area contributed by atoms with E-state index in [1.165, 1.54) is 19.1 Å². The molecule has 5 rings (SSSR count). The summed E-state index contributed by atoms with van der Waals surface area (Å²) in [6.45, 7) is 3.58. The van der Waals surface area contributed by atoms with Crippen molar-refractivity contribution in [3.05, 3.63) is 99.9 Å². The molecule has 0 bridgehead atoms. The van der Waals surface area contributed by atoms with Crippen LogP contribution in [-0.2, 0) is 12.6 Å². The Balaban J connectivity index is 1.59. The van der Waals surface area contributed by atoms with Crippen molar-refractivity contribution in [3.8, 4) is 28.3 Å². The number of nitrogens with one attached hydrogen (secondary N) is 1. The van der Waals surface area contributed by atoms with Crippen LogP contribution >= 0.6 is 0 Å². The van der Waals surface area contributed by atoms with Crippen LogP contribution in [0.25, 0.3) is 33.7 Å². The molecule has 0 fully saturated rings. The molecule has 1 aromatic carbocycles. The van der Waals surface area contributed by atoms with Crippen LogP contribution in [0.2, 0.25) is 0 Å². The lowest BCUT2D eigenvalue weighted by Crippen LogP contribution is -2.14. The highest BCUT2D eigenvalue weighted by atomic mass is 19.4. The molecule has 0 aliphatic carbocycles. The first-order valence-electron chi connectivity index (χ1n) is 11.8. The van der Waals surface area contributed by atoms with Gasteiger partial charge in [-0.2, -0.15) is 13.2 Å². The third-order valence-corrected chi connectivity index (χ3v) is 5.77. The number of H-pyrrole nitrogens is 1. The number of aromatic amines is 1. The van der Waals surface area contributed by atoms with Gasteiger partial charge >= 0.3 is 6.18 Å². The summed E-state index contributed by atoms with van der Waals surface area (Å²) in [5, 5.41) is 0. The molecule has 0 amide bonds. The van der Waals surface area contributed by atoms with Crippen LogP contribution in [0.5, 0.6) is 5.75 Å². The summed E-state index contributed by atoms with van der Waals surface area (Å²) >= 11 is 0. The first kappa shape index (κ1) is 25.1. The van der Waals surface area contributed by atoms with Gasteiger partial charge in [0.2, 0.25) is 0 Å². The maximum absolute atomic E-state index is 13.5. The van der Waals surface area contributed by atoms with Crippen LogP contribution in [0.1, 0.15) is 22.8 Å². The van der Waals surface area contributed by atoms with Crippen LogP contribution in [0, 0.1) is 13.8 Å². The summed E-state index contributed by atoms with van der Waals surface area (Å²) < 4.78 is 46.3. The Morgan fingerprint density at radius 2 is 1.58 bits per heavy atom. The van der Waals surface area contributed by atoms with Gasteiger partial charge in [0.25, 0.3) is 5.56 Å². The van der Waals surface area contributed by atoms with Gasteiger partial charge in [-0.05, 0) is 38.1 Å². The van der Waals surface area contributed by atoms with E-state index < -0.39 is 17.4 Å².